The van der Waals surface area contributed by atoms with Crippen LogP contribution < -0.4 is 9.62 Å². The number of amides is 1. The Morgan fingerprint density at radius 2 is 1.50 bits per heavy atom. The molecule has 154 valence electrons. The highest BCUT2D eigenvalue weighted by molar-refractivity contribution is 7.92. The van der Waals surface area contributed by atoms with Crippen LogP contribution >= 0.6 is 0 Å². The van der Waals surface area contributed by atoms with Crippen LogP contribution in [0, 0.1) is 0 Å². The smallest absolute Gasteiger partial charge is 0.235 e. The number of carbonyl (C=O) groups excluding carboxylic acids is 1. The molecule has 30 heavy (non-hydrogen) atoms. The lowest BCUT2D eigenvalue weighted by molar-refractivity contribution is -0.118. The molecule has 1 fully saturated rings. The number of benzene rings is 3. The molecule has 0 spiro atoms. The van der Waals surface area contributed by atoms with E-state index in [2.05, 4.69) is 5.32 Å². The van der Waals surface area contributed by atoms with Gasteiger partial charge < -0.3 is 5.32 Å². The summed E-state index contributed by atoms with van der Waals surface area (Å²) in [6.07, 6.45) is 2.70. The number of hydrogen-bond acceptors (Lipinski definition) is 3. The van der Waals surface area contributed by atoms with E-state index in [1.807, 2.05) is 72.8 Å². The van der Waals surface area contributed by atoms with E-state index in [-0.39, 0.29) is 5.91 Å². The van der Waals surface area contributed by atoms with Crippen LogP contribution in [0.25, 0.3) is 11.1 Å². The first-order valence-corrected chi connectivity index (χ1v) is 11.7. The van der Waals surface area contributed by atoms with Crippen molar-refractivity contribution < 1.29 is 13.2 Å². The zero-order chi connectivity index (χ0) is 21.4. The normalized spacial score (nSPS) is 14.7. The predicted octanol–water partition coefficient (Wildman–Crippen LogP) is 4.42. The van der Waals surface area contributed by atoms with Crippen molar-refractivity contribution in [2.45, 2.75) is 18.3 Å². The van der Waals surface area contributed by atoms with Crippen molar-refractivity contribution >= 4 is 27.3 Å². The Morgan fingerprint density at radius 3 is 2.07 bits per heavy atom. The third-order valence-corrected chi connectivity index (χ3v) is 6.89. The van der Waals surface area contributed by atoms with E-state index in [1.54, 1.807) is 6.07 Å². The van der Waals surface area contributed by atoms with E-state index in [4.69, 9.17) is 0 Å². The molecular formula is C24H24N2O3S. The lowest BCUT2D eigenvalue weighted by Gasteiger charge is -2.23. The molecular weight excluding hydrogens is 396 g/mol. The van der Waals surface area contributed by atoms with Crippen LogP contribution in [-0.4, -0.2) is 27.6 Å². The summed E-state index contributed by atoms with van der Waals surface area (Å²) in [5.41, 5.74) is 3.25. The van der Waals surface area contributed by atoms with Crippen molar-refractivity contribution in [3.05, 3.63) is 84.4 Å². The second-order valence-electron chi connectivity index (χ2n) is 7.73. The van der Waals surface area contributed by atoms with Gasteiger partial charge in [-0.3, -0.25) is 9.10 Å². The first-order valence-electron chi connectivity index (χ1n) is 9.82. The Labute approximate surface area is 177 Å². The Balaban J connectivity index is 1.74. The maximum atomic E-state index is 13.3. The summed E-state index contributed by atoms with van der Waals surface area (Å²) in [6.45, 7) is 0. The molecule has 0 aliphatic heterocycles. The molecule has 0 atom stereocenters. The number of rotatable bonds is 6. The number of sulfonamides is 1. The molecule has 0 heterocycles. The fourth-order valence-corrected chi connectivity index (χ4v) is 4.19. The quantitative estimate of drug-likeness (QED) is 0.642. The fraction of sp³-hybridized carbons (Fsp3) is 0.208. The molecule has 4 rings (SSSR count). The molecule has 0 bridgehead atoms. The van der Waals surface area contributed by atoms with E-state index >= 15 is 0 Å². The average molecular weight is 421 g/mol. The van der Waals surface area contributed by atoms with E-state index in [1.165, 1.54) is 11.4 Å². The van der Waals surface area contributed by atoms with Crippen molar-refractivity contribution in [2.75, 3.05) is 22.9 Å². The van der Waals surface area contributed by atoms with Gasteiger partial charge in [0.05, 0.1) is 23.0 Å². The topological polar surface area (TPSA) is 66.5 Å². The van der Waals surface area contributed by atoms with Crippen molar-refractivity contribution in [3.63, 3.8) is 0 Å². The van der Waals surface area contributed by atoms with Crippen molar-refractivity contribution in [1.29, 1.82) is 0 Å². The first kappa shape index (κ1) is 20.2. The summed E-state index contributed by atoms with van der Waals surface area (Å²) < 4.78 is 25.5. The van der Waals surface area contributed by atoms with Gasteiger partial charge in [0.1, 0.15) is 0 Å². The molecule has 3 aromatic carbocycles. The molecule has 0 saturated heterocycles. The van der Waals surface area contributed by atoms with Crippen LogP contribution in [-0.2, 0) is 20.2 Å². The largest absolute Gasteiger partial charge is 0.323 e. The molecule has 1 saturated carbocycles. The molecule has 3 aromatic rings. The summed E-state index contributed by atoms with van der Waals surface area (Å²) in [5.74, 6) is -0.109. The van der Waals surface area contributed by atoms with Gasteiger partial charge in [0.25, 0.3) is 0 Å². The Kier molecular flexibility index (Phi) is 5.12. The second-order valence-corrected chi connectivity index (χ2v) is 9.74. The maximum absolute atomic E-state index is 13.3. The minimum Gasteiger partial charge on any atom is -0.323 e. The number of nitrogens with zero attached hydrogens (tertiary/aromatic N) is 1. The SMILES string of the molecule is CN(c1ccc(-c2ccccc2)cc1NC(=O)C1(c2ccccc2)CC1)S(C)(=O)=O. The zero-order valence-electron chi connectivity index (χ0n) is 17.0. The monoisotopic (exact) mass is 420 g/mol. The van der Waals surface area contributed by atoms with Gasteiger partial charge in [0, 0.05) is 7.05 Å². The third kappa shape index (κ3) is 3.83. The van der Waals surface area contributed by atoms with E-state index in [0.29, 0.717) is 11.4 Å². The lowest BCUT2D eigenvalue weighted by atomic mass is 9.94. The molecule has 0 aromatic heterocycles. The molecule has 0 unspecified atom stereocenters. The van der Waals surface area contributed by atoms with E-state index in [9.17, 15) is 13.2 Å². The third-order valence-electron chi connectivity index (χ3n) is 5.70. The number of hydrogen-bond donors (Lipinski definition) is 1. The van der Waals surface area contributed by atoms with Gasteiger partial charge in [0.2, 0.25) is 15.9 Å². The van der Waals surface area contributed by atoms with E-state index in [0.717, 1.165) is 35.8 Å². The van der Waals surface area contributed by atoms with Crippen LogP contribution in [0.3, 0.4) is 0 Å². The molecule has 1 aliphatic carbocycles. The van der Waals surface area contributed by atoms with Crippen LogP contribution in [0.1, 0.15) is 18.4 Å². The highest BCUT2D eigenvalue weighted by Crippen LogP contribution is 2.49. The average Bonchev–Trinajstić information content (AvgIpc) is 3.56. The minimum absolute atomic E-state index is 0.109. The summed E-state index contributed by atoms with van der Waals surface area (Å²) >= 11 is 0. The molecule has 0 radical (unpaired) electrons. The molecule has 6 heteroatoms. The van der Waals surface area contributed by atoms with Gasteiger partial charge >= 0.3 is 0 Å². The minimum atomic E-state index is -3.48. The van der Waals surface area contributed by atoms with E-state index < -0.39 is 15.4 Å². The zero-order valence-corrected chi connectivity index (χ0v) is 17.8. The molecule has 5 nitrogen and oxygen atoms in total. The van der Waals surface area contributed by atoms with Gasteiger partial charge in [-0.15, -0.1) is 0 Å². The van der Waals surface area contributed by atoms with Gasteiger partial charge in [-0.25, -0.2) is 8.42 Å². The predicted molar refractivity (Wildman–Crippen MR) is 121 cm³/mol. The second kappa shape index (κ2) is 7.61. The van der Waals surface area contributed by atoms with Crippen molar-refractivity contribution in [1.82, 2.24) is 0 Å². The Morgan fingerprint density at radius 1 is 0.900 bits per heavy atom. The highest BCUT2D eigenvalue weighted by atomic mass is 32.2. The van der Waals surface area contributed by atoms with Gasteiger partial charge in [-0.2, -0.15) is 0 Å². The summed E-state index contributed by atoms with van der Waals surface area (Å²) in [6, 6.07) is 25.0. The van der Waals surface area contributed by atoms with Crippen LogP contribution in [0.5, 0.6) is 0 Å². The summed E-state index contributed by atoms with van der Waals surface area (Å²) in [5, 5.41) is 3.03. The fourth-order valence-electron chi connectivity index (χ4n) is 3.67. The first-order chi connectivity index (χ1) is 14.3. The standard InChI is InChI=1S/C24H24N2O3S/c1-26(30(2,28)29)22-14-13-19(18-9-5-3-6-10-18)17-21(22)25-23(27)24(15-16-24)20-11-7-4-8-12-20/h3-14,17H,15-16H2,1-2H3,(H,25,27). The maximum Gasteiger partial charge on any atom is 0.235 e. The molecule has 1 N–H and O–H groups in total. The Hall–Kier alpha value is -3.12. The summed E-state index contributed by atoms with van der Waals surface area (Å²) in [7, 11) is -1.99. The Bertz CT molecular complexity index is 1170. The number of anilines is 2. The van der Waals surface area contributed by atoms with Gasteiger partial charge in [0.15, 0.2) is 0 Å². The van der Waals surface area contributed by atoms with Crippen LogP contribution in [0.4, 0.5) is 11.4 Å². The molecule has 1 aliphatic rings. The van der Waals surface area contributed by atoms with Crippen molar-refractivity contribution in [3.8, 4) is 11.1 Å². The summed E-state index contributed by atoms with van der Waals surface area (Å²) in [4.78, 5) is 13.3. The van der Waals surface area contributed by atoms with Crippen LogP contribution in [0.15, 0.2) is 78.9 Å². The van der Waals surface area contributed by atoms with Crippen molar-refractivity contribution in [2.24, 2.45) is 0 Å². The lowest BCUT2D eigenvalue weighted by Crippen LogP contribution is -2.30. The number of nitrogens with one attached hydrogen (secondary N) is 1. The van der Waals surface area contributed by atoms with Gasteiger partial charge in [-0.05, 0) is 41.7 Å². The highest BCUT2D eigenvalue weighted by Gasteiger charge is 2.51. The van der Waals surface area contributed by atoms with Gasteiger partial charge in [-0.1, -0.05) is 66.7 Å². The van der Waals surface area contributed by atoms with Crippen LogP contribution in [0.2, 0.25) is 0 Å². The number of carbonyl (C=O) groups is 1. The molecule has 1 amide bonds.